The standard InChI is InChI=1S/C14H23N5O.HI/c1-3-8-17-13(20)7-10-18-14(15-2)19-11-12-6-4-5-9-16-12;/h4-6,9H,3,7-8,10-11H2,1-2H3,(H,17,20)(H2,15,18,19);1H. The zero-order valence-electron chi connectivity index (χ0n) is 12.6. The molecule has 3 N–H and O–H groups in total. The zero-order chi connectivity index (χ0) is 14.6. The van der Waals surface area contributed by atoms with Crippen molar-refractivity contribution in [3.63, 3.8) is 0 Å². The van der Waals surface area contributed by atoms with Crippen molar-refractivity contribution in [3.8, 4) is 0 Å². The van der Waals surface area contributed by atoms with Crippen LogP contribution in [0.1, 0.15) is 25.5 Å². The molecule has 0 radical (unpaired) electrons. The Morgan fingerprint density at radius 3 is 2.67 bits per heavy atom. The van der Waals surface area contributed by atoms with Crippen molar-refractivity contribution >= 4 is 35.8 Å². The molecule has 0 atom stereocenters. The van der Waals surface area contributed by atoms with E-state index >= 15 is 0 Å². The number of carbonyl (C=O) groups excluding carboxylic acids is 1. The Balaban J connectivity index is 0.00000400. The quantitative estimate of drug-likeness (QED) is 0.363. The predicted octanol–water partition coefficient (Wildman–Crippen LogP) is 1.28. The Morgan fingerprint density at radius 2 is 2.05 bits per heavy atom. The van der Waals surface area contributed by atoms with Crippen molar-refractivity contribution in [3.05, 3.63) is 30.1 Å². The summed E-state index contributed by atoms with van der Waals surface area (Å²) in [5.41, 5.74) is 0.941. The molecule has 1 aromatic heterocycles. The van der Waals surface area contributed by atoms with Crippen molar-refractivity contribution < 1.29 is 4.79 Å². The van der Waals surface area contributed by atoms with Gasteiger partial charge in [-0.2, -0.15) is 0 Å². The number of carbonyl (C=O) groups is 1. The first-order chi connectivity index (χ1) is 9.76. The normalized spacial score (nSPS) is 10.5. The summed E-state index contributed by atoms with van der Waals surface area (Å²) in [7, 11) is 1.70. The third-order valence-electron chi connectivity index (χ3n) is 2.60. The highest BCUT2D eigenvalue weighted by Gasteiger charge is 2.02. The van der Waals surface area contributed by atoms with Crippen LogP contribution in [-0.2, 0) is 11.3 Å². The molecule has 0 bridgehead atoms. The molecule has 0 saturated heterocycles. The van der Waals surface area contributed by atoms with E-state index in [4.69, 9.17) is 0 Å². The monoisotopic (exact) mass is 405 g/mol. The van der Waals surface area contributed by atoms with Gasteiger partial charge in [-0.3, -0.25) is 14.8 Å². The van der Waals surface area contributed by atoms with E-state index in [9.17, 15) is 4.79 Å². The van der Waals surface area contributed by atoms with Crippen molar-refractivity contribution in [2.24, 2.45) is 4.99 Å². The number of aromatic nitrogens is 1. The number of hydrogen-bond donors (Lipinski definition) is 3. The van der Waals surface area contributed by atoms with Crippen LogP contribution in [0.2, 0.25) is 0 Å². The van der Waals surface area contributed by atoms with Crippen LogP contribution in [0.25, 0.3) is 0 Å². The van der Waals surface area contributed by atoms with E-state index in [2.05, 4.69) is 25.9 Å². The highest BCUT2D eigenvalue weighted by Crippen LogP contribution is 1.91. The average Bonchev–Trinajstić information content (AvgIpc) is 2.49. The van der Waals surface area contributed by atoms with Gasteiger partial charge in [-0.15, -0.1) is 24.0 Å². The summed E-state index contributed by atoms with van der Waals surface area (Å²) in [5, 5.41) is 9.08. The Labute approximate surface area is 143 Å². The fourth-order valence-electron chi connectivity index (χ4n) is 1.54. The third-order valence-corrected chi connectivity index (χ3v) is 2.60. The van der Waals surface area contributed by atoms with Gasteiger partial charge in [-0.1, -0.05) is 13.0 Å². The maximum Gasteiger partial charge on any atom is 0.221 e. The van der Waals surface area contributed by atoms with Crippen LogP contribution < -0.4 is 16.0 Å². The summed E-state index contributed by atoms with van der Waals surface area (Å²) < 4.78 is 0. The highest BCUT2D eigenvalue weighted by molar-refractivity contribution is 14.0. The van der Waals surface area contributed by atoms with Crippen LogP contribution in [-0.4, -0.2) is 37.0 Å². The van der Waals surface area contributed by atoms with Gasteiger partial charge in [0.25, 0.3) is 0 Å². The summed E-state index contributed by atoms with van der Waals surface area (Å²) >= 11 is 0. The number of amides is 1. The molecule has 6 nitrogen and oxygen atoms in total. The first-order valence-corrected chi connectivity index (χ1v) is 6.87. The topological polar surface area (TPSA) is 78.4 Å². The zero-order valence-corrected chi connectivity index (χ0v) is 14.9. The molecule has 1 amide bonds. The number of guanidine groups is 1. The maximum absolute atomic E-state index is 11.4. The molecule has 7 heteroatoms. The third kappa shape index (κ3) is 9.22. The van der Waals surface area contributed by atoms with E-state index < -0.39 is 0 Å². The van der Waals surface area contributed by atoms with E-state index in [0.29, 0.717) is 25.5 Å². The molecule has 0 fully saturated rings. The van der Waals surface area contributed by atoms with Gasteiger partial charge in [0.15, 0.2) is 5.96 Å². The van der Waals surface area contributed by atoms with Gasteiger partial charge in [-0.05, 0) is 18.6 Å². The van der Waals surface area contributed by atoms with Gasteiger partial charge in [-0.25, -0.2) is 0 Å². The Hall–Kier alpha value is -1.38. The SMILES string of the molecule is CCCNC(=O)CCNC(=NC)NCc1ccccn1.I. The molecule has 0 spiro atoms. The van der Waals surface area contributed by atoms with Crippen LogP contribution in [0, 0.1) is 0 Å². The second kappa shape index (κ2) is 12.4. The number of nitrogens with zero attached hydrogens (tertiary/aromatic N) is 2. The molecule has 0 aliphatic heterocycles. The van der Waals surface area contributed by atoms with E-state index in [1.165, 1.54) is 0 Å². The van der Waals surface area contributed by atoms with E-state index in [-0.39, 0.29) is 29.9 Å². The second-order valence-corrected chi connectivity index (χ2v) is 4.27. The molecule has 0 unspecified atom stereocenters. The molecule has 0 aliphatic rings. The Morgan fingerprint density at radius 1 is 1.24 bits per heavy atom. The fraction of sp³-hybridized carbons (Fsp3) is 0.500. The molecule has 1 rings (SSSR count). The summed E-state index contributed by atoms with van der Waals surface area (Å²) in [5.74, 6) is 0.721. The van der Waals surface area contributed by atoms with Crippen LogP contribution in [0.5, 0.6) is 0 Å². The molecule has 0 saturated carbocycles. The predicted molar refractivity (Wildman–Crippen MR) is 95.8 cm³/mol. The van der Waals surface area contributed by atoms with Gasteiger partial charge >= 0.3 is 0 Å². The van der Waals surface area contributed by atoms with Gasteiger partial charge in [0.1, 0.15) is 0 Å². The molecular weight excluding hydrogens is 381 g/mol. The molecule has 1 heterocycles. The first-order valence-electron chi connectivity index (χ1n) is 6.87. The molecule has 118 valence electrons. The van der Waals surface area contributed by atoms with Gasteiger partial charge in [0, 0.05) is 32.8 Å². The minimum Gasteiger partial charge on any atom is -0.356 e. The molecule has 1 aromatic rings. The largest absolute Gasteiger partial charge is 0.356 e. The number of halogens is 1. The summed E-state index contributed by atoms with van der Waals surface area (Å²) in [6, 6.07) is 5.77. The van der Waals surface area contributed by atoms with Crippen molar-refractivity contribution in [2.75, 3.05) is 20.1 Å². The summed E-state index contributed by atoms with van der Waals surface area (Å²) in [6.45, 7) is 3.91. The lowest BCUT2D eigenvalue weighted by atomic mass is 10.3. The Kier molecular flexibility index (Phi) is 11.6. The van der Waals surface area contributed by atoms with Crippen molar-refractivity contribution in [1.82, 2.24) is 20.9 Å². The minimum absolute atomic E-state index is 0. The molecule has 21 heavy (non-hydrogen) atoms. The first kappa shape index (κ1) is 19.6. The highest BCUT2D eigenvalue weighted by atomic mass is 127. The molecule has 0 aromatic carbocycles. The van der Waals surface area contributed by atoms with Crippen LogP contribution in [0.3, 0.4) is 0 Å². The Bertz CT molecular complexity index is 425. The van der Waals surface area contributed by atoms with E-state index in [1.807, 2.05) is 25.1 Å². The number of pyridine rings is 1. The van der Waals surface area contributed by atoms with E-state index in [1.54, 1.807) is 13.2 Å². The number of aliphatic imine (C=N–C) groups is 1. The number of hydrogen-bond acceptors (Lipinski definition) is 3. The average molecular weight is 405 g/mol. The lowest BCUT2D eigenvalue weighted by Gasteiger charge is -2.11. The van der Waals surface area contributed by atoms with Crippen molar-refractivity contribution in [2.45, 2.75) is 26.3 Å². The fourth-order valence-corrected chi connectivity index (χ4v) is 1.54. The lowest BCUT2D eigenvalue weighted by molar-refractivity contribution is -0.120. The second-order valence-electron chi connectivity index (χ2n) is 4.27. The van der Waals surface area contributed by atoms with Crippen LogP contribution >= 0.6 is 24.0 Å². The van der Waals surface area contributed by atoms with Crippen LogP contribution in [0.4, 0.5) is 0 Å². The summed E-state index contributed by atoms with van der Waals surface area (Å²) in [4.78, 5) is 19.7. The van der Waals surface area contributed by atoms with Gasteiger partial charge in [0.2, 0.25) is 5.91 Å². The number of rotatable bonds is 7. The number of nitrogens with one attached hydrogen (secondary N) is 3. The minimum atomic E-state index is 0. The maximum atomic E-state index is 11.4. The lowest BCUT2D eigenvalue weighted by Crippen LogP contribution is -2.39. The van der Waals surface area contributed by atoms with E-state index in [0.717, 1.165) is 18.7 Å². The van der Waals surface area contributed by atoms with Gasteiger partial charge < -0.3 is 16.0 Å². The molecular formula is C14H24IN5O. The van der Waals surface area contributed by atoms with Crippen molar-refractivity contribution in [1.29, 1.82) is 0 Å². The molecule has 0 aliphatic carbocycles. The smallest absolute Gasteiger partial charge is 0.221 e. The summed E-state index contributed by atoms with van der Waals surface area (Å²) in [6.07, 6.45) is 3.14. The van der Waals surface area contributed by atoms with Gasteiger partial charge in [0.05, 0.1) is 12.2 Å². The van der Waals surface area contributed by atoms with Crippen LogP contribution in [0.15, 0.2) is 29.4 Å².